The highest BCUT2D eigenvalue weighted by Gasteiger charge is 2.23. The predicted molar refractivity (Wildman–Crippen MR) is 181 cm³/mol. The molecule has 0 unspecified atom stereocenters. The lowest BCUT2D eigenvalue weighted by Crippen LogP contribution is -1.87. The molecular weight excluding hydrogens is 504 g/mol. The third kappa shape index (κ3) is 3.36. The Morgan fingerprint density at radius 3 is 2.05 bits per heavy atom. The minimum Gasteiger partial charge on any atom is -0.0616 e. The smallest absolute Gasteiger partial charge is 0.00197 e. The van der Waals surface area contributed by atoms with Gasteiger partial charge in [-0.15, -0.1) is 0 Å². The standard InChI is InChI=1S/C42H28/c1-25-13-17-36-37-11-6-12-38-41-30(24-40(42(37)38)39(36)21-25)15-14-29-22-28(16-18-35(29)41)31-19-26(2)20-32(23-31)34-10-5-8-27-7-3-4-9-33(27)34/h3-24H,1-2H3. The van der Waals surface area contributed by atoms with Gasteiger partial charge in [-0.2, -0.15) is 0 Å². The topological polar surface area (TPSA) is 0 Å². The molecule has 0 radical (unpaired) electrons. The van der Waals surface area contributed by atoms with Crippen LogP contribution in [0.5, 0.6) is 0 Å². The summed E-state index contributed by atoms with van der Waals surface area (Å²) in [7, 11) is 0. The molecule has 0 fully saturated rings. The quantitative estimate of drug-likeness (QED) is 0.194. The molecule has 0 spiro atoms. The lowest BCUT2D eigenvalue weighted by Gasteiger charge is -2.13. The fourth-order valence-electron chi connectivity index (χ4n) is 7.36. The van der Waals surface area contributed by atoms with E-state index in [0.29, 0.717) is 0 Å². The van der Waals surface area contributed by atoms with Crippen LogP contribution in [-0.4, -0.2) is 0 Å². The van der Waals surface area contributed by atoms with Crippen molar-refractivity contribution in [3.8, 4) is 44.5 Å². The van der Waals surface area contributed by atoms with Gasteiger partial charge in [-0.3, -0.25) is 0 Å². The predicted octanol–water partition coefficient (Wildman–Crippen LogP) is 11.9. The second kappa shape index (κ2) is 8.65. The van der Waals surface area contributed by atoms with Crippen molar-refractivity contribution in [1.29, 1.82) is 0 Å². The molecule has 8 aromatic rings. The van der Waals surface area contributed by atoms with Crippen molar-refractivity contribution in [2.24, 2.45) is 0 Å². The van der Waals surface area contributed by atoms with Gasteiger partial charge in [0, 0.05) is 0 Å². The molecule has 0 bridgehead atoms. The first-order chi connectivity index (χ1) is 20.6. The monoisotopic (exact) mass is 532 g/mol. The largest absolute Gasteiger partial charge is 0.0616 e. The highest BCUT2D eigenvalue weighted by atomic mass is 14.3. The highest BCUT2D eigenvalue weighted by molar-refractivity contribution is 6.28. The Labute approximate surface area is 245 Å². The molecule has 0 heterocycles. The summed E-state index contributed by atoms with van der Waals surface area (Å²) in [5.41, 5.74) is 13.1. The van der Waals surface area contributed by atoms with Crippen LogP contribution in [0.2, 0.25) is 0 Å². The molecule has 0 atom stereocenters. The molecule has 0 saturated heterocycles. The van der Waals surface area contributed by atoms with Gasteiger partial charge in [0.25, 0.3) is 0 Å². The molecule has 1 aliphatic carbocycles. The van der Waals surface area contributed by atoms with Gasteiger partial charge >= 0.3 is 0 Å². The summed E-state index contributed by atoms with van der Waals surface area (Å²) < 4.78 is 0. The molecule has 42 heavy (non-hydrogen) atoms. The van der Waals surface area contributed by atoms with Gasteiger partial charge in [-0.1, -0.05) is 121 Å². The Morgan fingerprint density at radius 1 is 0.310 bits per heavy atom. The summed E-state index contributed by atoms with van der Waals surface area (Å²) in [6, 6.07) is 50.0. The second-order valence-electron chi connectivity index (χ2n) is 11.9. The van der Waals surface area contributed by atoms with E-state index in [0.717, 1.165) is 0 Å². The maximum absolute atomic E-state index is 2.41. The maximum Gasteiger partial charge on any atom is -0.00197 e. The normalized spacial score (nSPS) is 12.0. The van der Waals surface area contributed by atoms with Crippen LogP contribution in [0.1, 0.15) is 11.1 Å². The van der Waals surface area contributed by atoms with E-state index in [1.807, 2.05) is 0 Å². The summed E-state index contributed by atoms with van der Waals surface area (Å²) in [6.07, 6.45) is 0. The summed E-state index contributed by atoms with van der Waals surface area (Å²) in [5.74, 6) is 0. The second-order valence-corrected chi connectivity index (χ2v) is 11.9. The summed E-state index contributed by atoms with van der Waals surface area (Å²) in [5, 5.41) is 10.6. The van der Waals surface area contributed by atoms with E-state index in [-0.39, 0.29) is 0 Å². The molecule has 0 aliphatic heterocycles. The minimum atomic E-state index is 1.25. The Balaban J connectivity index is 1.24. The van der Waals surface area contributed by atoms with E-state index in [9.17, 15) is 0 Å². The van der Waals surface area contributed by atoms with Crippen molar-refractivity contribution in [3.63, 3.8) is 0 Å². The SMILES string of the molecule is Cc1cc(-c2ccc3c(ccc4cc5c6c(cccc6c43)-c3ccc(C)cc3-5)c2)cc(-c2cccc3ccccc23)c1. The first kappa shape index (κ1) is 23.5. The molecular formula is C42H28. The number of fused-ring (bicyclic) bond motifs is 8. The van der Waals surface area contributed by atoms with Crippen molar-refractivity contribution < 1.29 is 0 Å². The van der Waals surface area contributed by atoms with E-state index in [2.05, 4.69) is 147 Å². The van der Waals surface area contributed by atoms with Gasteiger partial charge < -0.3 is 0 Å². The average molecular weight is 533 g/mol. The number of benzene rings is 8. The number of rotatable bonds is 2. The average Bonchev–Trinajstić information content (AvgIpc) is 3.33. The van der Waals surface area contributed by atoms with Crippen LogP contribution < -0.4 is 0 Å². The van der Waals surface area contributed by atoms with Crippen molar-refractivity contribution in [1.82, 2.24) is 0 Å². The zero-order valence-corrected chi connectivity index (χ0v) is 23.7. The lowest BCUT2D eigenvalue weighted by molar-refractivity contribution is 1.47. The van der Waals surface area contributed by atoms with Crippen molar-refractivity contribution >= 4 is 43.1 Å². The van der Waals surface area contributed by atoms with Gasteiger partial charge in [0.1, 0.15) is 0 Å². The molecule has 0 N–H and O–H groups in total. The molecule has 0 heteroatoms. The van der Waals surface area contributed by atoms with Crippen LogP contribution >= 0.6 is 0 Å². The Hall–Kier alpha value is -5.20. The zero-order chi connectivity index (χ0) is 27.9. The molecule has 1 aliphatic rings. The molecule has 0 amide bonds. The molecule has 0 saturated carbocycles. The summed E-state index contributed by atoms with van der Waals surface area (Å²) in [6.45, 7) is 4.39. The number of aryl methyl sites for hydroxylation is 2. The van der Waals surface area contributed by atoms with E-state index >= 15 is 0 Å². The summed E-state index contributed by atoms with van der Waals surface area (Å²) >= 11 is 0. The fourth-order valence-corrected chi connectivity index (χ4v) is 7.36. The Morgan fingerprint density at radius 2 is 1.10 bits per heavy atom. The first-order valence-corrected chi connectivity index (χ1v) is 14.8. The van der Waals surface area contributed by atoms with E-state index in [1.165, 1.54) is 98.7 Å². The zero-order valence-electron chi connectivity index (χ0n) is 23.7. The Kier molecular flexibility index (Phi) is 4.84. The van der Waals surface area contributed by atoms with Crippen LogP contribution in [0.25, 0.3) is 87.6 Å². The minimum absolute atomic E-state index is 1.25. The molecule has 0 aromatic heterocycles. The maximum atomic E-state index is 2.41. The van der Waals surface area contributed by atoms with E-state index in [4.69, 9.17) is 0 Å². The first-order valence-electron chi connectivity index (χ1n) is 14.8. The molecule has 8 aromatic carbocycles. The molecule has 9 rings (SSSR count). The van der Waals surface area contributed by atoms with Crippen LogP contribution in [0.3, 0.4) is 0 Å². The number of hydrogen-bond acceptors (Lipinski definition) is 0. The van der Waals surface area contributed by atoms with Crippen LogP contribution in [0.4, 0.5) is 0 Å². The van der Waals surface area contributed by atoms with Gasteiger partial charge in [0.2, 0.25) is 0 Å². The lowest BCUT2D eigenvalue weighted by atomic mass is 9.90. The highest BCUT2D eigenvalue weighted by Crippen LogP contribution is 2.50. The third-order valence-electron chi connectivity index (χ3n) is 9.22. The van der Waals surface area contributed by atoms with Crippen LogP contribution in [0, 0.1) is 13.8 Å². The number of hydrogen-bond donors (Lipinski definition) is 0. The van der Waals surface area contributed by atoms with E-state index in [1.54, 1.807) is 0 Å². The van der Waals surface area contributed by atoms with Gasteiger partial charge in [0.15, 0.2) is 0 Å². The van der Waals surface area contributed by atoms with Crippen molar-refractivity contribution in [3.05, 3.63) is 145 Å². The van der Waals surface area contributed by atoms with E-state index < -0.39 is 0 Å². The van der Waals surface area contributed by atoms with Crippen LogP contribution in [-0.2, 0) is 0 Å². The van der Waals surface area contributed by atoms with Crippen LogP contribution in [0.15, 0.2) is 133 Å². The molecule has 196 valence electrons. The third-order valence-corrected chi connectivity index (χ3v) is 9.22. The molecule has 0 nitrogen and oxygen atoms in total. The summed E-state index contributed by atoms with van der Waals surface area (Å²) in [4.78, 5) is 0. The Bertz CT molecular complexity index is 2420. The van der Waals surface area contributed by atoms with Crippen molar-refractivity contribution in [2.75, 3.05) is 0 Å². The van der Waals surface area contributed by atoms with Gasteiger partial charge in [0.05, 0.1) is 0 Å². The van der Waals surface area contributed by atoms with Crippen molar-refractivity contribution in [2.45, 2.75) is 13.8 Å². The van der Waals surface area contributed by atoms with Gasteiger partial charge in [-0.25, -0.2) is 0 Å². The van der Waals surface area contributed by atoms with Gasteiger partial charge in [-0.05, 0) is 125 Å². The fraction of sp³-hybridized carbons (Fsp3) is 0.0476.